The summed E-state index contributed by atoms with van der Waals surface area (Å²) >= 11 is 0. The highest BCUT2D eigenvalue weighted by Crippen LogP contribution is 2.16. The van der Waals surface area contributed by atoms with E-state index in [0.717, 1.165) is 24.9 Å². The molecular weight excluding hydrogens is 354 g/mol. The van der Waals surface area contributed by atoms with E-state index >= 15 is 0 Å². The van der Waals surface area contributed by atoms with Crippen LogP contribution in [0.5, 0.6) is 0 Å². The second kappa shape index (κ2) is 6.48. The van der Waals surface area contributed by atoms with Crippen LogP contribution in [-0.4, -0.2) is 26.6 Å². The molecule has 0 fully saturated rings. The van der Waals surface area contributed by atoms with Gasteiger partial charge in [0, 0.05) is 18.5 Å². The van der Waals surface area contributed by atoms with Crippen LogP contribution in [0.15, 0.2) is 44.6 Å². The van der Waals surface area contributed by atoms with Gasteiger partial charge in [-0.2, -0.15) is 5.10 Å². The van der Waals surface area contributed by atoms with Gasteiger partial charge in [-0.05, 0) is 30.7 Å². The Bertz CT molecular complexity index is 1160. The number of nitro groups is 1. The average molecular weight is 367 g/mol. The summed E-state index contributed by atoms with van der Waals surface area (Å²) in [7, 11) is 0. The summed E-state index contributed by atoms with van der Waals surface area (Å²) in [6.07, 6.45) is 2.77. The van der Waals surface area contributed by atoms with E-state index in [1.165, 1.54) is 18.2 Å². The fourth-order valence-electron chi connectivity index (χ4n) is 2.95. The number of aromatic nitrogens is 2. The number of fused-ring (bicyclic) bond motifs is 2. The highest BCUT2D eigenvalue weighted by Gasteiger charge is 2.17. The molecule has 0 radical (unpaired) electrons. The van der Waals surface area contributed by atoms with Crippen molar-refractivity contribution in [1.82, 2.24) is 15.0 Å². The number of carbonyl (C=O) groups is 1. The molecule has 1 amide bonds. The number of amides is 1. The number of rotatable bonds is 4. The summed E-state index contributed by atoms with van der Waals surface area (Å²) < 4.78 is 6.56. The van der Waals surface area contributed by atoms with Crippen LogP contribution in [0, 0.1) is 10.1 Å². The molecule has 0 aliphatic carbocycles. The lowest BCUT2D eigenvalue weighted by Crippen LogP contribution is -2.22. The third kappa shape index (κ3) is 3.08. The Labute approximate surface area is 151 Å². The molecule has 1 aliphatic heterocycles. The number of hydrazone groups is 1. The summed E-state index contributed by atoms with van der Waals surface area (Å²) in [5.74, 6) is -0.0629. The number of benzene rings is 1. The molecule has 0 saturated carbocycles. The monoisotopic (exact) mass is 367 g/mol. The van der Waals surface area contributed by atoms with Crippen LogP contribution in [-0.2, 0) is 13.0 Å². The molecule has 1 aliphatic rings. The highest BCUT2D eigenvalue weighted by molar-refractivity contribution is 5.98. The molecule has 3 aromatic rings. The number of nitrogens with one attached hydrogen (secondary N) is 1. The first-order valence-electron chi connectivity index (χ1n) is 8.14. The molecule has 3 heterocycles. The van der Waals surface area contributed by atoms with Gasteiger partial charge in [0.15, 0.2) is 5.76 Å². The summed E-state index contributed by atoms with van der Waals surface area (Å²) in [5.41, 5.74) is 2.96. The molecule has 0 unspecified atom stereocenters. The van der Waals surface area contributed by atoms with E-state index in [-0.39, 0.29) is 11.3 Å². The van der Waals surface area contributed by atoms with Crippen molar-refractivity contribution >= 4 is 28.9 Å². The largest absolute Gasteiger partial charge is 0.433 e. The number of nitrogens with zero attached hydrogens (tertiary/aromatic N) is 4. The molecule has 10 heteroatoms. The molecule has 2 aromatic heterocycles. The van der Waals surface area contributed by atoms with Crippen molar-refractivity contribution in [3.8, 4) is 0 Å². The van der Waals surface area contributed by atoms with Crippen LogP contribution in [0.3, 0.4) is 0 Å². The summed E-state index contributed by atoms with van der Waals surface area (Å²) in [6.45, 7) is 0.666. The third-order valence-corrected chi connectivity index (χ3v) is 4.23. The Balaban J connectivity index is 1.54. The van der Waals surface area contributed by atoms with Crippen molar-refractivity contribution in [2.45, 2.75) is 19.4 Å². The molecule has 0 spiro atoms. The van der Waals surface area contributed by atoms with Crippen LogP contribution in [0.4, 0.5) is 5.88 Å². The molecule has 4 rings (SSSR count). The first-order chi connectivity index (χ1) is 13.0. The van der Waals surface area contributed by atoms with E-state index in [1.807, 2.05) is 0 Å². The van der Waals surface area contributed by atoms with Gasteiger partial charge in [0.2, 0.25) is 0 Å². The molecule has 10 nitrogen and oxygen atoms in total. The fraction of sp³-hybridized carbons (Fsp3) is 0.176. The van der Waals surface area contributed by atoms with Crippen molar-refractivity contribution in [2.75, 3.05) is 0 Å². The standard InChI is InChI=1S/C17H13N5O5/c23-16(20-18-9-11-4-6-15(27-11)22(25)26)10-3-5-12-13(8-10)19-14-2-1-7-21(14)17(12)24/h3-6,8-9H,1-2,7H2,(H,20,23)/b18-9-. The van der Waals surface area contributed by atoms with Gasteiger partial charge in [-0.15, -0.1) is 0 Å². The minimum Gasteiger partial charge on any atom is -0.400 e. The SMILES string of the molecule is O=C(N/N=C\c1ccc([N+](=O)[O-])o1)c1ccc2c(=O)n3c(nc2c1)CCC3. The van der Waals surface area contributed by atoms with Crippen LogP contribution >= 0.6 is 0 Å². The van der Waals surface area contributed by atoms with Crippen LogP contribution in [0.2, 0.25) is 0 Å². The van der Waals surface area contributed by atoms with Crippen LogP contribution < -0.4 is 11.0 Å². The number of aryl methyl sites for hydroxylation is 1. The van der Waals surface area contributed by atoms with Crippen molar-refractivity contribution in [3.63, 3.8) is 0 Å². The predicted octanol–water partition coefficient (Wildman–Crippen LogP) is 1.61. The molecule has 136 valence electrons. The Morgan fingerprint density at radius 1 is 1.37 bits per heavy atom. The second-order valence-corrected chi connectivity index (χ2v) is 5.95. The van der Waals surface area contributed by atoms with Gasteiger partial charge >= 0.3 is 5.88 Å². The molecular formula is C17H13N5O5. The maximum absolute atomic E-state index is 12.4. The van der Waals surface area contributed by atoms with Gasteiger partial charge in [-0.3, -0.25) is 24.3 Å². The smallest absolute Gasteiger partial charge is 0.400 e. The minimum absolute atomic E-state index is 0.100. The second-order valence-electron chi connectivity index (χ2n) is 5.95. The third-order valence-electron chi connectivity index (χ3n) is 4.23. The number of furan rings is 1. The van der Waals surface area contributed by atoms with E-state index in [1.54, 1.807) is 16.7 Å². The Morgan fingerprint density at radius 2 is 2.22 bits per heavy atom. The lowest BCUT2D eigenvalue weighted by Gasteiger charge is -2.06. The maximum Gasteiger partial charge on any atom is 0.433 e. The first-order valence-corrected chi connectivity index (χ1v) is 8.14. The van der Waals surface area contributed by atoms with Crippen molar-refractivity contribution in [1.29, 1.82) is 0 Å². The molecule has 0 atom stereocenters. The highest BCUT2D eigenvalue weighted by atomic mass is 16.6. The Kier molecular flexibility index (Phi) is 3.99. The summed E-state index contributed by atoms with van der Waals surface area (Å²) in [6, 6.07) is 7.19. The zero-order valence-electron chi connectivity index (χ0n) is 13.9. The Hall–Kier alpha value is -3.82. The average Bonchev–Trinajstić information content (AvgIpc) is 3.31. The molecule has 1 N–H and O–H groups in total. The number of hydrogen-bond donors (Lipinski definition) is 1. The van der Waals surface area contributed by atoms with Crippen molar-refractivity contribution in [3.05, 3.63) is 67.9 Å². The van der Waals surface area contributed by atoms with Gasteiger partial charge in [-0.1, -0.05) is 0 Å². The fourth-order valence-corrected chi connectivity index (χ4v) is 2.95. The first kappa shape index (κ1) is 16.6. The zero-order chi connectivity index (χ0) is 19.0. The molecule has 0 saturated heterocycles. The van der Waals surface area contributed by atoms with E-state index in [4.69, 9.17) is 4.42 Å². The topological polar surface area (TPSA) is 133 Å². The normalized spacial score (nSPS) is 13.2. The molecule has 1 aromatic carbocycles. The quantitative estimate of drug-likeness (QED) is 0.423. The van der Waals surface area contributed by atoms with Crippen molar-refractivity contribution in [2.24, 2.45) is 5.10 Å². The Morgan fingerprint density at radius 3 is 3.00 bits per heavy atom. The molecule has 0 bridgehead atoms. The van der Waals surface area contributed by atoms with Gasteiger partial charge in [-0.25, -0.2) is 10.4 Å². The van der Waals surface area contributed by atoms with Crippen LogP contribution in [0.1, 0.15) is 28.4 Å². The van der Waals surface area contributed by atoms with E-state index < -0.39 is 16.7 Å². The maximum atomic E-state index is 12.4. The van der Waals surface area contributed by atoms with E-state index in [2.05, 4.69) is 15.5 Å². The van der Waals surface area contributed by atoms with E-state index in [0.29, 0.717) is 23.0 Å². The van der Waals surface area contributed by atoms with Crippen LogP contribution in [0.25, 0.3) is 10.9 Å². The molecule has 27 heavy (non-hydrogen) atoms. The van der Waals surface area contributed by atoms with Gasteiger partial charge < -0.3 is 4.42 Å². The summed E-state index contributed by atoms with van der Waals surface area (Å²) in [5, 5.41) is 14.7. The van der Waals surface area contributed by atoms with E-state index in [9.17, 15) is 19.7 Å². The predicted molar refractivity (Wildman–Crippen MR) is 94.7 cm³/mol. The lowest BCUT2D eigenvalue weighted by atomic mass is 10.1. The lowest BCUT2D eigenvalue weighted by molar-refractivity contribution is -0.402. The zero-order valence-corrected chi connectivity index (χ0v) is 13.9. The minimum atomic E-state index is -0.669. The van der Waals surface area contributed by atoms with Gasteiger partial charge in [0.05, 0.1) is 23.2 Å². The van der Waals surface area contributed by atoms with Gasteiger partial charge in [0.25, 0.3) is 11.5 Å². The van der Waals surface area contributed by atoms with Crippen molar-refractivity contribution < 1.29 is 14.1 Å². The number of carbonyl (C=O) groups excluding carboxylic acids is 1. The number of hydrogen-bond acceptors (Lipinski definition) is 7. The summed E-state index contributed by atoms with van der Waals surface area (Å²) in [4.78, 5) is 39.0. The van der Waals surface area contributed by atoms with Gasteiger partial charge in [0.1, 0.15) is 10.7 Å².